The number of rotatable bonds is 7. The molecule has 172 valence electrons. The lowest BCUT2D eigenvalue weighted by Crippen LogP contribution is -2.45. The standard InChI is InChI=1S/C25H31BrN2O4/c1-18(2)27-10-12-28(13-11-27)21-5-7-22(8-6-21)30-16-23-17-31-25(3,32-23)24-9-4-20(26)14-19(24)15-29/h4-9,14,23,29H,1,10-13,15-17H2,2-3H3. The van der Waals surface area contributed by atoms with Gasteiger partial charge in [-0.3, -0.25) is 0 Å². The van der Waals surface area contributed by atoms with E-state index < -0.39 is 5.79 Å². The maximum atomic E-state index is 9.72. The molecule has 2 aliphatic rings. The molecule has 2 aromatic rings. The van der Waals surface area contributed by atoms with Crippen LogP contribution in [0.3, 0.4) is 0 Å². The molecule has 2 saturated heterocycles. The molecule has 32 heavy (non-hydrogen) atoms. The van der Waals surface area contributed by atoms with Gasteiger partial charge in [-0.25, -0.2) is 0 Å². The minimum atomic E-state index is -0.900. The van der Waals surface area contributed by atoms with Crippen molar-refractivity contribution in [2.75, 3.05) is 44.3 Å². The second-order valence-corrected chi connectivity index (χ2v) is 9.39. The van der Waals surface area contributed by atoms with Gasteiger partial charge in [0, 0.05) is 47.6 Å². The molecule has 2 aromatic carbocycles. The topological polar surface area (TPSA) is 54.4 Å². The van der Waals surface area contributed by atoms with E-state index in [0.29, 0.717) is 13.2 Å². The summed E-state index contributed by atoms with van der Waals surface area (Å²) in [5.41, 5.74) is 3.96. The molecule has 0 radical (unpaired) electrons. The van der Waals surface area contributed by atoms with E-state index in [1.807, 2.05) is 37.3 Å². The van der Waals surface area contributed by atoms with E-state index in [0.717, 1.165) is 53.2 Å². The highest BCUT2D eigenvalue weighted by molar-refractivity contribution is 9.10. The largest absolute Gasteiger partial charge is 0.491 e. The number of hydrogen-bond acceptors (Lipinski definition) is 6. The fourth-order valence-corrected chi connectivity index (χ4v) is 4.69. The number of piperazine rings is 1. The third kappa shape index (κ3) is 5.12. The molecule has 0 bridgehead atoms. The van der Waals surface area contributed by atoms with Crippen molar-refractivity contribution in [1.29, 1.82) is 0 Å². The first kappa shape index (κ1) is 23.1. The van der Waals surface area contributed by atoms with Crippen LogP contribution in [0.25, 0.3) is 0 Å². The highest BCUT2D eigenvalue weighted by atomic mass is 79.9. The van der Waals surface area contributed by atoms with E-state index >= 15 is 0 Å². The Morgan fingerprint density at radius 3 is 2.56 bits per heavy atom. The van der Waals surface area contributed by atoms with Crippen LogP contribution in [0.5, 0.6) is 5.75 Å². The Morgan fingerprint density at radius 1 is 1.19 bits per heavy atom. The molecule has 0 aromatic heterocycles. The van der Waals surface area contributed by atoms with Crippen molar-refractivity contribution in [2.45, 2.75) is 32.3 Å². The van der Waals surface area contributed by atoms with Gasteiger partial charge in [0.1, 0.15) is 18.5 Å². The molecule has 2 aliphatic heterocycles. The van der Waals surface area contributed by atoms with Crippen molar-refractivity contribution < 1.29 is 19.3 Å². The first-order chi connectivity index (χ1) is 15.4. The third-order valence-corrected chi connectivity index (χ3v) is 6.61. The minimum Gasteiger partial charge on any atom is -0.491 e. The molecule has 0 saturated carbocycles. The maximum absolute atomic E-state index is 9.72. The van der Waals surface area contributed by atoms with Gasteiger partial charge >= 0.3 is 0 Å². The van der Waals surface area contributed by atoms with Crippen molar-refractivity contribution in [3.8, 4) is 5.75 Å². The van der Waals surface area contributed by atoms with Gasteiger partial charge in [-0.2, -0.15) is 0 Å². The van der Waals surface area contributed by atoms with E-state index in [9.17, 15) is 5.11 Å². The molecular weight excluding hydrogens is 472 g/mol. The van der Waals surface area contributed by atoms with Crippen molar-refractivity contribution in [1.82, 2.24) is 4.90 Å². The molecular formula is C25H31BrN2O4. The minimum absolute atomic E-state index is 0.0765. The highest BCUT2D eigenvalue weighted by Crippen LogP contribution is 2.37. The number of benzene rings is 2. The second kappa shape index (κ2) is 9.83. The average molecular weight is 503 g/mol. The molecule has 2 atom stereocenters. The van der Waals surface area contributed by atoms with Crippen molar-refractivity contribution >= 4 is 21.6 Å². The van der Waals surface area contributed by atoms with Gasteiger partial charge in [0.2, 0.25) is 0 Å². The number of allylic oxidation sites excluding steroid dienone is 1. The first-order valence-electron chi connectivity index (χ1n) is 11.0. The summed E-state index contributed by atoms with van der Waals surface area (Å²) in [4.78, 5) is 4.71. The monoisotopic (exact) mass is 502 g/mol. The summed E-state index contributed by atoms with van der Waals surface area (Å²) in [5.74, 6) is -0.0889. The van der Waals surface area contributed by atoms with Gasteiger partial charge in [0.15, 0.2) is 5.79 Å². The van der Waals surface area contributed by atoms with Crippen LogP contribution in [-0.2, 0) is 21.9 Å². The fourth-order valence-electron chi connectivity index (χ4n) is 4.29. The van der Waals surface area contributed by atoms with Gasteiger partial charge in [-0.05, 0) is 55.8 Å². The zero-order valence-corrected chi connectivity index (χ0v) is 20.3. The molecule has 7 heteroatoms. The fraction of sp³-hybridized carbons (Fsp3) is 0.440. The Kier molecular flexibility index (Phi) is 7.10. The second-order valence-electron chi connectivity index (χ2n) is 8.47. The number of halogens is 1. The van der Waals surface area contributed by atoms with E-state index in [-0.39, 0.29) is 12.7 Å². The van der Waals surface area contributed by atoms with Crippen LogP contribution >= 0.6 is 15.9 Å². The predicted octanol–water partition coefficient (Wildman–Crippen LogP) is 4.26. The maximum Gasteiger partial charge on any atom is 0.192 e. The Morgan fingerprint density at radius 2 is 1.91 bits per heavy atom. The summed E-state index contributed by atoms with van der Waals surface area (Å²) in [6, 6.07) is 14.0. The van der Waals surface area contributed by atoms with Crippen LogP contribution in [0.4, 0.5) is 5.69 Å². The van der Waals surface area contributed by atoms with Crippen LogP contribution in [0, 0.1) is 0 Å². The number of aliphatic hydroxyl groups is 1. The van der Waals surface area contributed by atoms with Gasteiger partial charge in [-0.1, -0.05) is 28.6 Å². The third-order valence-electron chi connectivity index (χ3n) is 6.12. The lowest BCUT2D eigenvalue weighted by molar-refractivity contribution is -0.165. The molecule has 2 heterocycles. The Balaban J connectivity index is 1.31. The first-order valence-corrected chi connectivity index (χ1v) is 11.8. The molecule has 0 amide bonds. The van der Waals surface area contributed by atoms with Gasteiger partial charge < -0.3 is 29.1 Å². The molecule has 2 unspecified atom stereocenters. The number of nitrogens with zero attached hydrogens (tertiary/aromatic N) is 2. The van der Waals surface area contributed by atoms with E-state index in [2.05, 4.69) is 51.4 Å². The van der Waals surface area contributed by atoms with Crippen LogP contribution in [0.1, 0.15) is 25.0 Å². The van der Waals surface area contributed by atoms with Crippen molar-refractivity contribution in [2.24, 2.45) is 0 Å². The highest BCUT2D eigenvalue weighted by Gasteiger charge is 2.40. The molecule has 2 fully saturated rings. The lowest BCUT2D eigenvalue weighted by atomic mass is 10.0. The summed E-state index contributed by atoms with van der Waals surface area (Å²) in [7, 11) is 0. The summed E-state index contributed by atoms with van der Waals surface area (Å²) in [5, 5.41) is 9.72. The number of ether oxygens (including phenoxy) is 3. The number of aliphatic hydroxyl groups excluding tert-OH is 1. The zero-order valence-electron chi connectivity index (χ0n) is 18.7. The number of anilines is 1. The Hall–Kier alpha value is -2.06. The van der Waals surface area contributed by atoms with E-state index in [1.165, 1.54) is 5.69 Å². The van der Waals surface area contributed by atoms with Gasteiger partial charge in [0.05, 0.1) is 13.2 Å². The Bertz CT molecular complexity index is 943. The van der Waals surface area contributed by atoms with Crippen LogP contribution in [0.2, 0.25) is 0 Å². The van der Waals surface area contributed by atoms with Crippen molar-refractivity contribution in [3.63, 3.8) is 0 Å². The number of hydrogen-bond donors (Lipinski definition) is 1. The van der Waals surface area contributed by atoms with E-state index in [4.69, 9.17) is 14.2 Å². The average Bonchev–Trinajstić information content (AvgIpc) is 3.19. The van der Waals surface area contributed by atoms with Gasteiger partial charge in [-0.15, -0.1) is 0 Å². The van der Waals surface area contributed by atoms with E-state index in [1.54, 1.807) is 0 Å². The lowest BCUT2D eigenvalue weighted by Gasteiger charge is -2.37. The summed E-state index contributed by atoms with van der Waals surface area (Å²) >= 11 is 3.44. The molecule has 6 nitrogen and oxygen atoms in total. The smallest absolute Gasteiger partial charge is 0.192 e. The summed E-state index contributed by atoms with van der Waals surface area (Å²) in [6.45, 7) is 12.7. The Labute approximate surface area is 198 Å². The summed E-state index contributed by atoms with van der Waals surface area (Å²) in [6.07, 6.45) is -0.190. The predicted molar refractivity (Wildman–Crippen MR) is 129 cm³/mol. The zero-order chi connectivity index (χ0) is 22.7. The van der Waals surface area contributed by atoms with Crippen LogP contribution in [0.15, 0.2) is 59.2 Å². The molecule has 0 spiro atoms. The summed E-state index contributed by atoms with van der Waals surface area (Å²) < 4.78 is 19.1. The van der Waals surface area contributed by atoms with Crippen LogP contribution in [-0.4, -0.2) is 55.5 Å². The molecule has 4 rings (SSSR count). The SMILES string of the molecule is C=C(C)N1CCN(c2ccc(OCC3COC(C)(c4ccc(Br)cc4CO)O3)cc2)CC1. The van der Waals surface area contributed by atoms with Crippen LogP contribution < -0.4 is 9.64 Å². The normalized spacial score (nSPS) is 23.4. The quantitative estimate of drug-likeness (QED) is 0.610. The molecule has 1 N–H and O–H groups in total. The van der Waals surface area contributed by atoms with Gasteiger partial charge in [0.25, 0.3) is 0 Å². The molecule has 0 aliphatic carbocycles. The van der Waals surface area contributed by atoms with Crippen molar-refractivity contribution in [3.05, 3.63) is 70.3 Å².